The molecule has 4 aromatic rings. The molecule has 0 bridgehead atoms. The summed E-state index contributed by atoms with van der Waals surface area (Å²) in [7, 11) is 0. The molecule has 4 aromatic heterocycles. The molecule has 0 spiro atoms. The second-order valence-corrected chi connectivity index (χ2v) is 6.17. The number of hydrogen-bond donors (Lipinski definition) is 1. The Hall–Kier alpha value is -3.52. The molecule has 0 unspecified atom stereocenters. The van der Waals surface area contributed by atoms with Crippen LogP contribution in [-0.4, -0.2) is 35.6 Å². The van der Waals surface area contributed by atoms with Gasteiger partial charge in [0.2, 0.25) is 11.8 Å². The third-order valence-corrected chi connectivity index (χ3v) is 3.98. The molecule has 0 fully saturated rings. The van der Waals surface area contributed by atoms with Crippen molar-refractivity contribution in [3.63, 3.8) is 0 Å². The van der Waals surface area contributed by atoms with Crippen LogP contribution in [0.15, 0.2) is 48.8 Å². The second-order valence-electron chi connectivity index (χ2n) is 5.78. The largest absolute Gasteiger partial charge is 0.493 e. The molecule has 0 radical (unpaired) electrons. The van der Waals surface area contributed by atoms with E-state index in [2.05, 4.69) is 26.5 Å². The van der Waals surface area contributed by atoms with E-state index in [4.69, 9.17) is 16.3 Å². The lowest BCUT2D eigenvalue weighted by Crippen LogP contribution is -2.09. The number of fused-ring (bicyclic) bond motifs is 2. The number of carbonyl (C=O) groups is 1. The van der Waals surface area contributed by atoms with Crippen molar-refractivity contribution < 1.29 is 14.6 Å². The molecule has 134 valence electrons. The average molecular weight is 382 g/mol. The van der Waals surface area contributed by atoms with Crippen molar-refractivity contribution in [1.82, 2.24) is 24.5 Å². The van der Waals surface area contributed by atoms with Crippen LogP contribution in [0.3, 0.4) is 0 Å². The zero-order chi connectivity index (χ0) is 19.1. The first-order valence-corrected chi connectivity index (χ1v) is 8.18. The number of hydrogen-bond acceptors (Lipinski definition) is 7. The molecule has 0 aliphatic heterocycles. The highest BCUT2D eigenvalue weighted by molar-refractivity contribution is 6.29. The number of rotatable bonds is 3. The number of aromatic nitrogens is 5. The second kappa shape index (κ2) is 6.33. The molecule has 27 heavy (non-hydrogen) atoms. The Bertz CT molecular complexity index is 1230. The molecule has 0 amide bonds. The van der Waals surface area contributed by atoms with Crippen molar-refractivity contribution in [2.24, 2.45) is 0 Å². The van der Waals surface area contributed by atoms with E-state index >= 15 is 0 Å². The SMILES string of the molecule is C=C(C)C(=O)Oc1cnc2c(O)n(-c3ccc4ccc(Cl)nc4n3)cc2n1. The molecule has 0 aliphatic rings. The highest BCUT2D eigenvalue weighted by Gasteiger charge is 2.16. The Morgan fingerprint density at radius 3 is 2.78 bits per heavy atom. The molecular formula is C18H12ClN5O3. The van der Waals surface area contributed by atoms with E-state index in [1.807, 2.05) is 6.07 Å². The Morgan fingerprint density at radius 1 is 1.22 bits per heavy atom. The van der Waals surface area contributed by atoms with Crippen molar-refractivity contribution in [1.29, 1.82) is 0 Å². The average Bonchev–Trinajstić information content (AvgIpc) is 2.97. The van der Waals surface area contributed by atoms with Gasteiger partial charge in [0, 0.05) is 17.2 Å². The smallest absolute Gasteiger partial charge is 0.339 e. The fourth-order valence-corrected chi connectivity index (χ4v) is 2.60. The first-order chi connectivity index (χ1) is 12.9. The van der Waals surface area contributed by atoms with E-state index in [1.165, 1.54) is 23.9 Å². The van der Waals surface area contributed by atoms with Gasteiger partial charge in [-0.2, -0.15) is 0 Å². The highest BCUT2D eigenvalue weighted by Crippen LogP contribution is 2.28. The fraction of sp³-hybridized carbons (Fsp3) is 0.0556. The van der Waals surface area contributed by atoms with E-state index in [9.17, 15) is 9.90 Å². The lowest BCUT2D eigenvalue weighted by molar-refractivity contribution is -0.130. The van der Waals surface area contributed by atoms with Gasteiger partial charge in [0.15, 0.2) is 11.2 Å². The van der Waals surface area contributed by atoms with Gasteiger partial charge in [-0.3, -0.25) is 4.57 Å². The topological polar surface area (TPSA) is 103 Å². The summed E-state index contributed by atoms with van der Waals surface area (Å²) in [6, 6.07) is 7.01. The summed E-state index contributed by atoms with van der Waals surface area (Å²) in [5, 5.41) is 11.6. The molecule has 1 N–H and O–H groups in total. The Morgan fingerprint density at radius 2 is 2.00 bits per heavy atom. The van der Waals surface area contributed by atoms with Gasteiger partial charge >= 0.3 is 5.97 Å². The van der Waals surface area contributed by atoms with Crippen LogP contribution in [-0.2, 0) is 4.79 Å². The monoisotopic (exact) mass is 381 g/mol. The normalized spacial score (nSPS) is 11.0. The minimum absolute atomic E-state index is 0.00701. The number of pyridine rings is 2. The van der Waals surface area contributed by atoms with Crippen LogP contribution in [0.1, 0.15) is 6.92 Å². The third-order valence-electron chi connectivity index (χ3n) is 3.77. The number of esters is 1. The summed E-state index contributed by atoms with van der Waals surface area (Å²) in [4.78, 5) is 28.5. The number of carbonyl (C=O) groups excluding carboxylic acids is 1. The maximum Gasteiger partial charge on any atom is 0.339 e. The van der Waals surface area contributed by atoms with Crippen LogP contribution < -0.4 is 4.74 Å². The minimum atomic E-state index is -0.605. The van der Waals surface area contributed by atoms with Crippen molar-refractivity contribution >= 4 is 39.6 Å². The van der Waals surface area contributed by atoms with Crippen LogP contribution in [0.2, 0.25) is 5.15 Å². The number of ether oxygens (including phenoxy) is 1. The molecule has 0 atom stereocenters. The van der Waals surface area contributed by atoms with E-state index in [-0.39, 0.29) is 22.8 Å². The molecule has 0 aromatic carbocycles. The molecule has 4 heterocycles. The van der Waals surface area contributed by atoms with Crippen molar-refractivity contribution in [2.45, 2.75) is 6.92 Å². The van der Waals surface area contributed by atoms with Crippen LogP contribution >= 0.6 is 11.6 Å². The summed E-state index contributed by atoms with van der Waals surface area (Å²) in [6.07, 6.45) is 2.79. The molecule has 4 rings (SSSR count). The van der Waals surface area contributed by atoms with Gasteiger partial charge in [0.25, 0.3) is 0 Å². The van der Waals surface area contributed by atoms with E-state index in [1.54, 1.807) is 18.2 Å². The first-order valence-electron chi connectivity index (χ1n) is 7.81. The number of halogens is 1. The molecule has 0 aliphatic carbocycles. The summed E-state index contributed by atoms with van der Waals surface area (Å²) in [5.41, 5.74) is 1.25. The van der Waals surface area contributed by atoms with Gasteiger partial charge in [0.05, 0.1) is 6.20 Å². The van der Waals surface area contributed by atoms with Gasteiger partial charge < -0.3 is 9.84 Å². The fourth-order valence-electron chi connectivity index (χ4n) is 2.45. The molecule has 8 nitrogen and oxygen atoms in total. The summed E-state index contributed by atoms with van der Waals surface area (Å²) < 4.78 is 6.48. The standard InChI is InChI=1S/C18H12ClN5O3/c1-9(2)18(26)27-14-7-20-15-11(21-14)8-24(17(15)25)13-6-4-10-3-5-12(19)22-16(10)23-13/h3-8,25H,1H2,2H3. The predicted octanol–water partition coefficient (Wildman–Crippen LogP) is 3.20. The van der Waals surface area contributed by atoms with Gasteiger partial charge in [-0.1, -0.05) is 18.2 Å². The van der Waals surface area contributed by atoms with Gasteiger partial charge in [-0.25, -0.2) is 24.7 Å². The van der Waals surface area contributed by atoms with E-state index in [0.717, 1.165) is 5.39 Å². The van der Waals surface area contributed by atoms with Gasteiger partial charge in [0.1, 0.15) is 16.5 Å². The summed E-state index contributed by atoms with van der Waals surface area (Å²) in [6.45, 7) is 5.04. The lowest BCUT2D eigenvalue weighted by Gasteiger charge is -2.04. The van der Waals surface area contributed by atoms with E-state index < -0.39 is 5.97 Å². The van der Waals surface area contributed by atoms with Crippen molar-refractivity contribution in [3.05, 3.63) is 54.0 Å². The molecule has 9 heteroatoms. The van der Waals surface area contributed by atoms with Crippen molar-refractivity contribution in [3.8, 4) is 17.6 Å². The Labute approximate surface area is 157 Å². The van der Waals surface area contributed by atoms with Gasteiger partial charge in [-0.15, -0.1) is 0 Å². The summed E-state index contributed by atoms with van der Waals surface area (Å²) >= 11 is 5.92. The maximum atomic E-state index is 11.6. The molecule has 0 saturated heterocycles. The Balaban J connectivity index is 1.79. The van der Waals surface area contributed by atoms with Crippen LogP contribution in [0.4, 0.5) is 0 Å². The van der Waals surface area contributed by atoms with Crippen LogP contribution in [0, 0.1) is 0 Å². The number of aromatic hydroxyl groups is 1. The van der Waals surface area contributed by atoms with Crippen LogP contribution in [0.25, 0.3) is 27.9 Å². The zero-order valence-electron chi connectivity index (χ0n) is 14.0. The Kier molecular flexibility index (Phi) is 3.97. The van der Waals surface area contributed by atoms with Crippen LogP contribution in [0.5, 0.6) is 11.8 Å². The quantitative estimate of drug-likeness (QED) is 0.330. The maximum absolute atomic E-state index is 11.6. The summed E-state index contributed by atoms with van der Waals surface area (Å²) in [5.74, 6) is -0.335. The predicted molar refractivity (Wildman–Crippen MR) is 99.1 cm³/mol. The lowest BCUT2D eigenvalue weighted by atomic mass is 10.3. The first kappa shape index (κ1) is 16.9. The highest BCUT2D eigenvalue weighted by atomic mass is 35.5. The van der Waals surface area contributed by atoms with E-state index in [0.29, 0.717) is 22.1 Å². The van der Waals surface area contributed by atoms with Crippen molar-refractivity contribution in [2.75, 3.05) is 0 Å². The molecular weight excluding hydrogens is 370 g/mol. The number of nitrogens with zero attached hydrogens (tertiary/aromatic N) is 5. The third kappa shape index (κ3) is 3.06. The minimum Gasteiger partial charge on any atom is -0.493 e. The van der Waals surface area contributed by atoms with Gasteiger partial charge in [-0.05, 0) is 31.2 Å². The molecule has 0 saturated carbocycles. The zero-order valence-corrected chi connectivity index (χ0v) is 14.8.